The Kier molecular flexibility index (Phi) is 17.8. The van der Waals surface area contributed by atoms with Gasteiger partial charge in [0, 0.05) is 11.1 Å². The third-order valence-electron chi connectivity index (χ3n) is 7.11. The Balaban J connectivity index is 0.00000220. The van der Waals surface area contributed by atoms with Crippen molar-refractivity contribution >= 4 is 17.4 Å². The Hall–Kier alpha value is -2.92. The van der Waals surface area contributed by atoms with E-state index in [1.54, 1.807) is 6.92 Å². The monoisotopic (exact) mass is 538 g/mol. The van der Waals surface area contributed by atoms with Crippen LogP contribution in [0.5, 0.6) is 0 Å². The molecule has 3 unspecified atom stereocenters. The van der Waals surface area contributed by atoms with E-state index in [4.69, 9.17) is 10.5 Å². The molecule has 3 N–H and O–H groups in total. The molecule has 0 aliphatic rings. The van der Waals surface area contributed by atoms with Crippen molar-refractivity contribution in [2.24, 2.45) is 17.1 Å². The second-order valence-electron chi connectivity index (χ2n) is 9.94. The number of amides is 1. The molecule has 2 rings (SSSR count). The molecule has 3 atom stereocenters. The summed E-state index contributed by atoms with van der Waals surface area (Å²) in [4.78, 5) is 26.0. The maximum atomic E-state index is 13.6. The van der Waals surface area contributed by atoms with Crippen LogP contribution in [0.25, 0.3) is 5.76 Å². The molecule has 0 spiro atoms. The van der Waals surface area contributed by atoms with Crippen molar-refractivity contribution in [3.8, 4) is 0 Å². The van der Waals surface area contributed by atoms with Gasteiger partial charge in [-0.05, 0) is 64.1 Å². The van der Waals surface area contributed by atoms with Crippen LogP contribution >= 0.6 is 0 Å². The molecular formula is C34H54N2O3. The zero-order valence-corrected chi connectivity index (χ0v) is 26.2. The minimum Gasteiger partial charge on any atom is -0.491 e. The highest BCUT2D eigenvalue weighted by atomic mass is 16.5. The smallest absolute Gasteiger partial charge is 0.230 e. The molecule has 5 heteroatoms. The Morgan fingerprint density at radius 1 is 0.974 bits per heavy atom. The normalized spacial score (nSPS) is 14.1. The number of rotatable bonds is 12. The predicted octanol–water partition coefficient (Wildman–Crippen LogP) is 8.03. The van der Waals surface area contributed by atoms with E-state index >= 15 is 0 Å². The first kappa shape index (κ1) is 36.1. The van der Waals surface area contributed by atoms with E-state index < -0.39 is 5.41 Å². The van der Waals surface area contributed by atoms with Crippen LogP contribution in [0.4, 0.5) is 0 Å². The number of ketones is 1. The number of carbonyl (C=O) groups is 2. The second kappa shape index (κ2) is 19.2. The van der Waals surface area contributed by atoms with Gasteiger partial charge in [-0.2, -0.15) is 0 Å². The molecule has 0 aromatic heterocycles. The van der Waals surface area contributed by atoms with E-state index in [1.165, 1.54) is 0 Å². The summed E-state index contributed by atoms with van der Waals surface area (Å²) in [5.74, 6) is 0.615. The Morgan fingerprint density at radius 2 is 1.51 bits per heavy atom. The van der Waals surface area contributed by atoms with Crippen molar-refractivity contribution in [2.75, 3.05) is 13.2 Å². The summed E-state index contributed by atoms with van der Waals surface area (Å²) < 4.78 is 6.42. The predicted molar refractivity (Wildman–Crippen MR) is 166 cm³/mol. The summed E-state index contributed by atoms with van der Waals surface area (Å²) in [6.45, 7) is 20.7. The Morgan fingerprint density at radius 3 is 1.97 bits per heavy atom. The van der Waals surface area contributed by atoms with Crippen LogP contribution < -0.4 is 11.1 Å². The lowest BCUT2D eigenvalue weighted by Crippen LogP contribution is -2.47. The van der Waals surface area contributed by atoms with Gasteiger partial charge in [-0.25, -0.2) is 0 Å². The van der Waals surface area contributed by atoms with Crippen LogP contribution in [0, 0.1) is 18.3 Å². The number of Topliss-reactive ketones (excluding diaryl/α,β-unsaturated/α-hetero) is 1. The fraction of sp³-hybridized carbons (Fsp3) is 0.529. The molecule has 2 aromatic carbocycles. The molecule has 39 heavy (non-hydrogen) atoms. The number of hydrogen-bond donors (Lipinski definition) is 2. The molecule has 0 saturated heterocycles. The van der Waals surface area contributed by atoms with Crippen molar-refractivity contribution in [2.45, 2.75) is 94.5 Å². The van der Waals surface area contributed by atoms with Crippen LogP contribution in [0.15, 0.2) is 60.2 Å². The van der Waals surface area contributed by atoms with Gasteiger partial charge in [-0.15, -0.1) is 0 Å². The summed E-state index contributed by atoms with van der Waals surface area (Å²) in [7, 11) is 0. The Labute approximate surface area is 238 Å². The summed E-state index contributed by atoms with van der Waals surface area (Å²) in [6, 6.07) is 17.7. The molecule has 0 saturated carbocycles. The molecule has 5 nitrogen and oxygen atoms in total. The molecule has 0 bridgehead atoms. The molecule has 218 valence electrons. The van der Waals surface area contributed by atoms with Gasteiger partial charge in [0.2, 0.25) is 5.91 Å². The highest BCUT2D eigenvalue weighted by Crippen LogP contribution is 2.35. The maximum absolute atomic E-state index is 13.6. The second-order valence-corrected chi connectivity index (χ2v) is 9.94. The average molecular weight is 539 g/mol. The van der Waals surface area contributed by atoms with Gasteiger partial charge in [-0.3, -0.25) is 9.59 Å². The van der Waals surface area contributed by atoms with Crippen LogP contribution in [-0.4, -0.2) is 24.8 Å². The largest absolute Gasteiger partial charge is 0.491 e. The first-order valence-electron chi connectivity index (χ1n) is 14.6. The summed E-state index contributed by atoms with van der Waals surface area (Å²) >= 11 is 0. The number of nitrogens with two attached hydrogens (primary N) is 1. The lowest BCUT2D eigenvalue weighted by Gasteiger charge is -2.35. The number of nitrogens with one attached hydrogen (secondary N) is 1. The van der Waals surface area contributed by atoms with Crippen LogP contribution in [0.3, 0.4) is 0 Å². The number of allylic oxidation sites excluding steroid dienone is 1. The van der Waals surface area contributed by atoms with E-state index in [0.717, 1.165) is 36.1 Å². The number of hydrogen-bond acceptors (Lipinski definition) is 4. The van der Waals surface area contributed by atoms with Crippen molar-refractivity contribution in [3.63, 3.8) is 0 Å². The fourth-order valence-electron chi connectivity index (χ4n) is 4.02. The average Bonchev–Trinajstić information content (AvgIpc) is 2.96. The van der Waals surface area contributed by atoms with Crippen molar-refractivity contribution < 1.29 is 14.3 Å². The standard InChI is InChI=1S/C29H39NO3.C3H9N.C2H6/c1-8-21(4)29(7,28(32)30-22(5)24-16-11-10-12-17-24)19-33-27(25(9-2)23(6)31)26-18-14-13-15-20(26)3;1-2-3-4;1-2/h10-18,21-22H,8-9,19H2,1-7H3,(H,30,32);2-4H2,1H3;1-2H3/b27-25-;;. The van der Waals surface area contributed by atoms with E-state index in [1.807, 2.05) is 96.1 Å². The topological polar surface area (TPSA) is 81.4 Å². The Bertz CT molecular complexity index is 1010. The van der Waals surface area contributed by atoms with Crippen LogP contribution in [0.1, 0.15) is 104 Å². The van der Waals surface area contributed by atoms with Gasteiger partial charge in [0.15, 0.2) is 5.78 Å². The third-order valence-corrected chi connectivity index (χ3v) is 7.11. The molecule has 0 fully saturated rings. The molecule has 0 aliphatic carbocycles. The quantitative estimate of drug-likeness (QED) is 0.212. The number of carbonyl (C=O) groups excluding carboxylic acids is 2. The third kappa shape index (κ3) is 11.0. The minimum absolute atomic E-state index is 0.0110. The highest BCUT2D eigenvalue weighted by Gasteiger charge is 2.40. The minimum atomic E-state index is -0.763. The number of benzene rings is 2. The summed E-state index contributed by atoms with van der Waals surface area (Å²) in [6.07, 6.45) is 2.50. The molecule has 0 heterocycles. The maximum Gasteiger partial charge on any atom is 0.230 e. The summed E-state index contributed by atoms with van der Waals surface area (Å²) in [5.41, 5.74) is 7.90. The lowest BCUT2D eigenvalue weighted by atomic mass is 9.76. The number of ether oxygens (including phenoxy) is 1. The SMILES string of the molecule is CC.CC/C(C(C)=O)=C(/OCC(C)(C(=O)NC(C)c1ccccc1)C(C)CC)c1ccccc1C.CCCN. The van der Waals surface area contributed by atoms with Crippen molar-refractivity contribution in [1.82, 2.24) is 5.32 Å². The fourth-order valence-corrected chi connectivity index (χ4v) is 4.02. The zero-order chi connectivity index (χ0) is 30.0. The van der Waals surface area contributed by atoms with Gasteiger partial charge in [-0.1, -0.05) is 103 Å². The number of aryl methyl sites for hydroxylation is 1. The van der Waals surface area contributed by atoms with E-state index in [2.05, 4.69) is 26.1 Å². The molecular weight excluding hydrogens is 484 g/mol. The molecule has 1 amide bonds. The zero-order valence-electron chi connectivity index (χ0n) is 26.2. The van der Waals surface area contributed by atoms with Crippen LogP contribution in [-0.2, 0) is 14.3 Å². The van der Waals surface area contributed by atoms with Gasteiger partial charge in [0.05, 0.1) is 11.5 Å². The van der Waals surface area contributed by atoms with Gasteiger partial charge >= 0.3 is 0 Å². The lowest BCUT2D eigenvalue weighted by molar-refractivity contribution is -0.136. The van der Waals surface area contributed by atoms with E-state index in [-0.39, 0.29) is 30.3 Å². The van der Waals surface area contributed by atoms with Crippen LogP contribution in [0.2, 0.25) is 0 Å². The van der Waals surface area contributed by atoms with Gasteiger partial charge < -0.3 is 15.8 Å². The highest BCUT2D eigenvalue weighted by molar-refractivity contribution is 6.00. The van der Waals surface area contributed by atoms with Gasteiger partial charge in [0.25, 0.3) is 0 Å². The first-order chi connectivity index (χ1) is 18.6. The molecule has 2 aromatic rings. The first-order valence-corrected chi connectivity index (χ1v) is 14.6. The van der Waals surface area contributed by atoms with E-state index in [0.29, 0.717) is 17.8 Å². The summed E-state index contributed by atoms with van der Waals surface area (Å²) in [5, 5.41) is 3.19. The van der Waals surface area contributed by atoms with Gasteiger partial charge in [0.1, 0.15) is 12.4 Å². The van der Waals surface area contributed by atoms with Crippen molar-refractivity contribution in [3.05, 3.63) is 76.9 Å². The van der Waals surface area contributed by atoms with E-state index in [9.17, 15) is 9.59 Å². The van der Waals surface area contributed by atoms with Crippen molar-refractivity contribution in [1.29, 1.82) is 0 Å². The molecule has 0 radical (unpaired) electrons. The molecule has 0 aliphatic heterocycles.